The molecule has 0 unspecified atom stereocenters. The Labute approximate surface area is 81.2 Å². The maximum atomic E-state index is 4.98. The second kappa shape index (κ2) is 5.58. The van der Waals surface area contributed by atoms with E-state index in [1.165, 1.54) is 12.8 Å². The molecule has 0 aromatic rings. The first-order valence-corrected chi connectivity index (χ1v) is 5.17. The molecule has 3 heteroatoms. The van der Waals surface area contributed by atoms with Crippen molar-refractivity contribution in [1.82, 2.24) is 10.6 Å². The molecule has 0 aliphatic heterocycles. The highest BCUT2D eigenvalue weighted by Crippen LogP contribution is 2.44. The van der Waals surface area contributed by atoms with Crippen molar-refractivity contribution in [3.05, 3.63) is 0 Å². The third kappa shape index (κ3) is 4.07. The van der Waals surface area contributed by atoms with Gasteiger partial charge in [0.25, 0.3) is 0 Å². The van der Waals surface area contributed by atoms with E-state index in [-0.39, 0.29) is 0 Å². The van der Waals surface area contributed by atoms with Gasteiger partial charge < -0.3 is 15.4 Å². The van der Waals surface area contributed by atoms with Crippen LogP contribution in [0.4, 0.5) is 0 Å². The molecule has 13 heavy (non-hydrogen) atoms. The topological polar surface area (TPSA) is 33.3 Å². The molecule has 0 saturated heterocycles. The van der Waals surface area contributed by atoms with Gasteiger partial charge in [-0.05, 0) is 38.3 Å². The maximum absolute atomic E-state index is 4.98. The predicted molar refractivity (Wildman–Crippen MR) is 55.0 cm³/mol. The summed E-state index contributed by atoms with van der Waals surface area (Å²) in [5.41, 5.74) is 0.585. The highest BCUT2D eigenvalue weighted by molar-refractivity contribution is 4.96. The van der Waals surface area contributed by atoms with Crippen molar-refractivity contribution in [3.63, 3.8) is 0 Å². The number of methoxy groups -OCH3 is 1. The minimum absolute atomic E-state index is 0.585. The van der Waals surface area contributed by atoms with Gasteiger partial charge in [0.05, 0.1) is 0 Å². The van der Waals surface area contributed by atoms with Crippen LogP contribution in [0.5, 0.6) is 0 Å². The average Bonchev–Trinajstić information content (AvgIpc) is 2.86. The zero-order valence-corrected chi connectivity index (χ0v) is 8.86. The Balaban J connectivity index is 1.93. The van der Waals surface area contributed by atoms with E-state index in [0.29, 0.717) is 5.41 Å². The summed E-state index contributed by atoms with van der Waals surface area (Å²) in [5, 5.41) is 6.75. The fourth-order valence-corrected chi connectivity index (χ4v) is 1.66. The highest BCUT2D eigenvalue weighted by atomic mass is 16.5. The second-order valence-corrected chi connectivity index (χ2v) is 4.05. The van der Waals surface area contributed by atoms with Crippen LogP contribution in [0.3, 0.4) is 0 Å². The van der Waals surface area contributed by atoms with E-state index in [9.17, 15) is 0 Å². The van der Waals surface area contributed by atoms with E-state index in [1.807, 2.05) is 7.05 Å². The van der Waals surface area contributed by atoms with Gasteiger partial charge in [0.15, 0.2) is 0 Å². The van der Waals surface area contributed by atoms with Crippen molar-refractivity contribution in [2.45, 2.75) is 19.3 Å². The molecule has 3 nitrogen and oxygen atoms in total. The van der Waals surface area contributed by atoms with E-state index in [1.54, 1.807) is 7.11 Å². The van der Waals surface area contributed by atoms with Crippen molar-refractivity contribution >= 4 is 0 Å². The monoisotopic (exact) mass is 186 g/mol. The molecule has 1 fully saturated rings. The molecule has 2 N–H and O–H groups in total. The molecule has 0 radical (unpaired) electrons. The third-order valence-corrected chi connectivity index (χ3v) is 2.71. The zero-order chi connectivity index (χ0) is 9.57. The van der Waals surface area contributed by atoms with E-state index in [2.05, 4.69) is 10.6 Å². The Morgan fingerprint density at radius 3 is 2.62 bits per heavy atom. The summed E-state index contributed by atoms with van der Waals surface area (Å²) < 4.78 is 4.98. The van der Waals surface area contributed by atoms with Crippen molar-refractivity contribution in [3.8, 4) is 0 Å². The van der Waals surface area contributed by atoms with Gasteiger partial charge in [-0.3, -0.25) is 0 Å². The highest BCUT2D eigenvalue weighted by Gasteiger charge is 2.41. The normalized spacial score (nSPS) is 18.9. The van der Waals surface area contributed by atoms with Crippen LogP contribution in [0, 0.1) is 5.41 Å². The Bertz CT molecular complexity index is 135. The van der Waals surface area contributed by atoms with Crippen LogP contribution in [0.2, 0.25) is 0 Å². The fourth-order valence-electron chi connectivity index (χ4n) is 1.66. The summed E-state index contributed by atoms with van der Waals surface area (Å²) in [7, 11) is 3.79. The lowest BCUT2D eigenvalue weighted by atomic mass is 10.1. The molecule has 78 valence electrons. The van der Waals surface area contributed by atoms with E-state index in [0.717, 1.165) is 32.7 Å². The van der Waals surface area contributed by atoms with Gasteiger partial charge >= 0.3 is 0 Å². The van der Waals surface area contributed by atoms with E-state index >= 15 is 0 Å². The van der Waals surface area contributed by atoms with Gasteiger partial charge in [-0.15, -0.1) is 0 Å². The summed E-state index contributed by atoms with van der Waals surface area (Å²) in [6.07, 6.45) is 3.88. The Morgan fingerprint density at radius 1 is 1.31 bits per heavy atom. The fraction of sp³-hybridized carbons (Fsp3) is 1.00. The minimum Gasteiger partial charge on any atom is -0.385 e. The van der Waals surface area contributed by atoms with Crippen molar-refractivity contribution < 1.29 is 4.74 Å². The number of hydrogen-bond acceptors (Lipinski definition) is 3. The molecule has 1 rings (SSSR count). The summed E-state index contributed by atoms with van der Waals surface area (Å²) >= 11 is 0. The molecular weight excluding hydrogens is 164 g/mol. The molecular formula is C10H22N2O. The number of nitrogens with one attached hydrogen (secondary N) is 2. The molecule has 0 amide bonds. The van der Waals surface area contributed by atoms with Gasteiger partial charge in [0.1, 0.15) is 0 Å². The summed E-state index contributed by atoms with van der Waals surface area (Å²) in [5.74, 6) is 0. The summed E-state index contributed by atoms with van der Waals surface area (Å²) in [6, 6.07) is 0. The first-order valence-electron chi connectivity index (χ1n) is 5.17. The Morgan fingerprint density at radius 2 is 2.08 bits per heavy atom. The lowest BCUT2D eigenvalue weighted by molar-refractivity contribution is 0.193. The lowest BCUT2D eigenvalue weighted by Crippen LogP contribution is -2.32. The van der Waals surface area contributed by atoms with Crippen LogP contribution in [0.1, 0.15) is 19.3 Å². The standard InChI is InChI=1S/C10H22N2O/c1-11-8-10(4-5-10)9-12-6-3-7-13-2/h11-12H,3-9H2,1-2H3. The van der Waals surface area contributed by atoms with Gasteiger partial charge in [0, 0.05) is 26.8 Å². The molecule has 0 atom stereocenters. The largest absolute Gasteiger partial charge is 0.385 e. The van der Waals surface area contributed by atoms with Crippen LogP contribution < -0.4 is 10.6 Å². The summed E-state index contributed by atoms with van der Waals surface area (Å²) in [6.45, 7) is 4.27. The van der Waals surface area contributed by atoms with E-state index < -0.39 is 0 Å². The lowest BCUT2D eigenvalue weighted by Gasteiger charge is -2.15. The van der Waals surface area contributed by atoms with Crippen LogP contribution in [0.25, 0.3) is 0 Å². The molecule has 1 aliphatic carbocycles. The van der Waals surface area contributed by atoms with Crippen LogP contribution >= 0.6 is 0 Å². The van der Waals surface area contributed by atoms with Gasteiger partial charge in [-0.1, -0.05) is 0 Å². The SMILES string of the molecule is CNCC1(CNCCCOC)CC1. The molecule has 0 aromatic heterocycles. The molecule has 1 saturated carbocycles. The minimum atomic E-state index is 0.585. The quantitative estimate of drug-likeness (QED) is 0.545. The smallest absolute Gasteiger partial charge is 0.0474 e. The molecule has 0 spiro atoms. The van der Waals surface area contributed by atoms with Crippen LogP contribution in [0.15, 0.2) is 0 Å². The van der Waals surface area contributed by atoms with Crippen molar-refractivity contribution in [2.75, 3.05) is 40.4 Å². The average molecular weight is 186 g/mol. The van der Waals surface area contributed by atoms with E-state index in [4.69, 9.17) is 4.74 Å². The number of rotatable bonds is 8. The first-order chi connectivity index (χ1) is 6.33. The molecule has 0 heterocycles. The van der Waals surface area contributed by atoms with Gasteiger partial charge in [-0.25, -0.2) is 0 Å². The van der Waals surface area contributed by atoms with Crippen molar-refractivity contribution in [2.24, 2.45) is 5.41 Å². The molecule has 0 bridgehead atoms. The first kappa shape index (κ1) is 11.0. The number of hydrogen-bond donors (Lipinski definition) is 2. The van der Waals surface area contributed by atoms with Crippen LogP contribution in [-0.2, 0) is 4.74 Å². The predicted octanol–water partition coefficient (Wildman–Crippen LogP) is 0.612. The Hall–Kier alpha value is -0.120. The summed E-state index contributed by atoms with van der Waals surface area (Å²) in [4.78, 5) is 0. The maximum Gasteiger partial charge on any atom is 0.0474 e. The van der Waals surface area contributed by atoms with Crippen LogP contribution in [-0.4, -0.2) is 40.4 Å². The van der Waals surface area contributed by atoms with Gasteiger partial charge in [-0.2, -0.15) is 0 Å². The third-order valence-electron chi connectivity index (χ3n) is 2.71. The second-order valence-electron chi connectivity index (χ2n) is 4.05. The molecule has 1 aliphatic rings. The molecule has 0 aromatic carbocycles. The number of ether oxygens (including phenoxy) is 1. The van der Waals surface area contributed by atoms with Gasteiger partial charge in [0.2, 0.25) is 0 Å². The van der Waals surface area contributed by atoms with Crippen molar-refractivity contribution in [1.29, 1.82) is 0 Å². The zero-order valence-electron chi connectivity index (χ0n) is 8.86. The Kier molecular flexibility index (Phi) is 4.70.